The number of carbonyl (C=O) groups is 1. The van der Waals surface area contributed by atoms with Crippen LogP contribution in [0.4, 0.5) is 13.2 Å². The summed E-state index contributed by atoms with van der Waals surface area (Å²) in [6.45, 7) is -0.135. The van der Waals surface area contributed by atoms with E-state index in [4.69, 9.17) is 0 Å². The Bertz CT molecular complexity index is 1020. The first-order valence-corrected chi connectivity index (χ1v) is 10.5. The second-order valence-electron chi connectivity index (χ2n) is 6.29. The number of nitrogens with one attached hydrogen (secondary N) is 1. The molecule has 1 atom stereocenters. The Morgan fingerprint density at radius 3 is 2.96 bits per heavy atom. The lowest BCUT2D eigenvalue weighted by Crippen LogP contribution is -2.33. The van der Waals surface area contributed by atoms with E-state index in [1.54, 1.807) is 42.1 Å². The first kappa shape index (κ1) is 19.2. The van der Waals surface area contributed by atoms with Gasteiger partial charge in [-0.05, 0) is 54.1 Å². The Morgan fingerprint density at radius 1 is 1.32 bits per heavy atom. The van der Waals surface area contributed by atoms with Crippen molar-refractivity contribution in [3.8, 4) is 0 Å². The van der Waals surface area contributed by atoms with E-state index in [0.29, 0.717) is 29.2 Å². The summed E-state index contributed by atoms with van der Waals surface area (Å²) in [6.07, 6.45) is 0.677. The summed E-state index contributed by atoms with van der Waals surface area (Å²) in [5.74, 6) is -2.50. The molecule has 4 rings (SSSR count). The molecule has 146 valence electrons. The van der Waals surface area contributed by atoms with Gasteiger partial charge in [-0.2, -0.15) is 8.78 Å². The van der Waals surface area contributed by atoms with Crippen LogP contribution in [0.3, 0.4) is 0 Å². The van der Waals surface area contributed by atoms with Gasteiger partial charge in [-0.3, -0.25) is 4.79 Å². The van der Waals surface area contributed by atoms with Crippen LogP contribution < -0.4 is 5.32 Å². The van der Waals surface area contributed by atoms with Gasteiger partial charge in [0.1, 0.15) is 12.4 Å². The zero-order valence-electron chi connectivity index (χ0n) is 14.6. The van der Waals surface area contributed by atoms with Crippen LogP contribution in [-0.4, -0.2) is 27.0 Å². The van der Waals surface area contributed by atoms with Gasteiger partial charge in [0.25, 0.3) is 5.76 Å². The third-order valence-electron chi connectivity index (χ3n) is 4.46. The Labute approximate surface area is 167 Å². The van der Waals surface area contributed by atoms with Crippen LogP contribution in [0.15, 0.2) is 52.5 Å². The standard InChI is InChI=1S/C19H16F3N3OS2/c20-11-5-6-16-12(9-11)13(7-8-27-16)23-17(26)10-25-15-4-2-1-3-14(15)24-19(25)28-18(21)22/h1-6,9,13,18H,7-8,10H2,(H,23,26)/t13-/m0/s1. The molecule has 1 N–H and O–H groups in total. The molecule has 0 spiro atoms. The Balaban J connectivity index is 1.57. The third kappa shape index (κ3) is 4.00. The molecule has 28 heavy (non-hydrogen) atoms. The van der Waals surface area contributed by atoms with Crippen LogP contribution in [0.5, 0.6) is 0 Å². The fourth-order valence-corrected chi connectivity index (χ4v) is 4.98. The maximum absolute atomic E-state index is 13.7. The summed E-state index contributed by atoms with van der Waals surface area (Å²) in [5, 5.41) is 3.02. The highest BCUT2D eigenvalue weighted by molar-refractivity contribution is 7.99. The molecule has 9 heteroatoms. The van der Waals surface area contributed by atoms with E-state index < -0.39 is 5.76 Å². The van der Waals surface area contributed by atoms with Crippen molar-refractivity contribution in [1.82, 2.24) is 14.9 Å². The molecule has 3 aromatic rings. The number of imidazole rings is 1. The molecule has 4 nitrogen and oxygen atoms in total. The molecule has 2 aromatic carbocycles. The number of aromatic nitrogens is 2. The summed E-state index contributed by atoms with van der Waals surface area (Å²) in [6, 6.07) is 11.3. The van der Waals surface area contributed by atoms with E-state index in [1.165, 1.54) is 16.7 Å². The molecule has 2 heterocycles. The van der Waals surface area contributed by atoms with E-state index in [9.17, 15) is 18.0 Å². The number of halogens is 3. The molecular formula is C19H16F3N3OS2. The number of alkyl halides is 2. The fourth-order valence-electron chi connectivity index (χ4n) is 3.27. The minimum Gasteiger partial charge on any atom is -0.348 e. The molecule has 1 aliphatic rings. The summed E-state index contributed by atoms with van der Waals surface area (Å²) in [5.41, 5.74) is 1.92. The van der Waals surface area contributed by atoms with Crippen molar-refractivity contribution < 1.29 is 18.0 Å². The van der Waals surface area contributed by atoms with Crippen LogP contribution in [0.1, 0.15) is 18.0 Å². The average Bonchev–Trinajstić information content (AvgIpc) is 2.99. The van der Waals surface area contributed by atoms with Gasteiger partial charge in [0.15, 0.2) is 5.16 Å². The molecule has 1 amide bonds. The van der Waals surface area contributed by atoms with Crippen molar-refractivity contribution in [2.75, 3.05) is 5.75 Å². The molecule has 1 aliphatic heterocycles. The SMILES string of the molecule is O=C(Cn1c(SC(F)F)nc2ccccc21)N[C@H]1CCSc2ccc(F)cc21. The smallest absolute Gasteiger partial charge is 0.291 e. The zero-order chi connectivity index (χ0) is 19.7. The highest BCUT2D eigenvalue weighted by Gasteiger charge is 2.24. The van der Waals surface area contributed by atoms with Crippen LogP contribution in [0, 0.1) is 5.82 Å². The van der Waals surface area contributed by atoms with Gasteiger partial charge in [-0.1, -0.05) is 12.1 Å². The van der Waals surface area contributed by atoms with Gasteiger partial charge >= 0.3 is 0 Å². The minimum absolute atomic E-state index is 0.0944. The molecule has 0 unspecified atom stereocenters. The van der Waals surface area contributed by atoms with E-state index in [2.05, 4.69) is 10.3 Å². The summed E-state index contributed by atoms with van der Waals surface area (Å²) in [7, 11) is 0. The molecule has 0 saturated heterocycles. The second-order valence-corrected chi connectivity index (χ2v) is 8.38. The van der Waals surface area contributed by atoms with Crippen molar-refractivity contribution in [2.24, 2.45) is 0 Å². The summed E-state index contributed by atoms with van der Waals surface area (Å²) < 4.78 is 41.0. The van der Waals surface area contributed by atoms with Crippen LogP contribution >= 0.6 is 23.5 Å². The third-order valence-corrected chi connectivity index (χ3v) is 6.29. The maximum Gasteiger partial charge on any atom is 0.291 e. The number of nitrogens with zero attached hydrogens (tertiary/aromatic N) is 2. The number of amides is 1. The number of benzene rings is 2. The normalized spacial score (nSPS) is 16.4. The van der Waals surface area contributed by atoms with Crippen molar-refractivity contribution in [1.29, 1.82) is 0 Å². The van der Waals surface area contributed by atoms with E-state index in [1.807, 2.05) is 0 Å². The molecule has 0 radical (unpaired) electrons. The predicted molar refractivity (Wildman–Crippen MR) is 104 cm³/mol. The number of fused-ring (bicyclic) bond motifs is 2. The molecule has 0 bridgehead atoms. The Kier molecular flexibility index (Phi) is 5.54. The van der Waals surface area contributed by atoms with E-state index >= 15 is 0 Å². The quantitative estimate of drug-likeness (QED) is 0.597. The van der Waals surface area contributed by atoms with Gasteiger partial charge in [0.2, 0.25) is 5.91 Å². The van der Waals surface area contributed by atoms with Crippen LogP contribution in [0.25, 0.3) is 11.0 Å². The number of thioether (sulfide) groups is 2. The largest absolute Gasteiger partial charge is 0.348 e. The van der Waals surface area contributed by atoms with E-state index in [0.717, 1.165) is 16.2 Å². The number of hydrogen-bond donors (Lipinski definition) is 1. The molecule has 0 saturated carbocycles. The number of rotatable bonds is 5. The summed E-state index contributed by atoms with van der Waals surface area (Å²) >= 11 is 1.94. The number of hydrogen-bond acceptors (Lipinski definition) is 4. The fraction of sp³-hybridized carbons (Fsp3) is 0.263. The number of para-hydroxylation sites is 2. The predicted octanol–water partition coefficient (Wildman–Crippen LogP) is 4.84. The van der Waals surface area contributed by atoms with Gasteiger partial charge in [0.05, 0.1) is 17.1 Å². The lowest BCUT2D eigenvalue weighted by atomic mass is 10.0. The Hall–Kier alpha value is -2.13. The lowest BCUT2D eigenvalue weighted by Gasteiger charge is -2.26. The molecule has 0 aliphatic carbocycles. The molecule has 0 fully saturated rings. The van der Waals surface area contributed by atoms with Gasteiger partial charge in [-0.25, -0.2) is 9.37 Å². The van der Waals surface area contributed by atoms with Crippen molar-refractivity contribution in [3.63, 3.8) is 0 Å². The topological polar surface area (TPSA) is 46.9 Å². The maximum atomic E-state index is 13.7. The first-order valence-electron chi connectivity index (χ1n) is 8.63. The minimum atomic E-state index is -2.64. The Morgan fingerprint density at radius 2 is 2.14 bits per heavy atom. The lowest BCUT2D eigenvalue weighted by molar-refractivity contribution is -0.122. The molecular weight excluding hydrogens is 407 g/mol. The molecule has 1 aromatic heterocycles. The summed E-state index contributed by atoms with van der Waals surface area (Å²) in [4.78, 5) is 17.9. The highest BCUT2D eigenvalue weighted by Crippen LogP contribution is 2.36. The van der Waals surface area contributed by atoms with Crippen LogP contribution in [0.2, 0.25) is 0 Å². The average molecular weight is 423 g/mol. The van der Waals surface area contributed by atoms with Crippen molar-refractivity contribution in [3.05, 3.63) is 53.8 Å². The van der Waals surface area contributed by atoms with Gasteiger partial charge in [0, 0.05) is 10.6 Å². The van der Waals surface area contributed by atoms with Gasteiger partial charge < -0.3 is 9.88 Å². The van der Waals surface area contributed by atoms with E-state index in [-0.39, 0.29) is 29.5 Å². The highest BCUT2D eigenvalue weighted by atomic mass is 32.2. The monoisotopic (exact) mass is 423 g/mol. The first-order chi connectivity index (χ1) is 13.5. The van der Waals surface area contributed by atoms with Crippen molar-refractivity contribution >= 4 is 40.5 Å². The van der Waals surface area contributed by atoms with Crippen LogP contribution in [-0.2, 0) is 11.3 Å². The second kappa shape index (κ2) is 8.08. The van der Waals surface area contributed by atoms with Crippen molar-refractivity contribution in [2.45, 2.75) is 34.8 Å². The number of carbonyl (C=O) groups excluding carboxylic acids is 1. The zero-order valence-corrected chi connectivity index (χ0v) is 16.2. The van der Waals surface area contributed by atoms with Gasteiger partial charge in [-0.15, -0.1) is 11.8 Å².